The molecule has 0 unspecified atom stereocenters. The van der Waals surface area contributed by atoms with Gasteiger partial charge in [0.1, 0.15) is 10.8 Å². The molecule has 1 aromatic heterocycles. The SMILES string of the molecule is O=C(O)c1ncsc1Nc1ccc(OC(F)(F)F)cc1. The number of halogens is 3. The maximum Gasteiger partial charge on any atom is 0.573 e. The third-order valence-corrected chi connectivity index (χ3v) is 2.86. The first-order valence-electron chi connectivity index (χ1n) is 5.15. The van der Waals surface area contributed by atoms with Crippen molar-refractivity contribution in [2.75, 3.05) is 5.32 Å². The number of nitrogens with zero attached hydrogens (tertiary/aromatic N) is 1. The fraction of sp³-hybridized carbons (Fsp3) is 0.0909. The second-order valence-corrected chi connectivity index (χ2v) is 4.39. The first-order valence-corrected chi connectivity index (χ1v) is 6.03. The van der Waals surface area contributed by atoms with Crippen molar-refractivity contribution in [3.63, 3.8) is 0 Å². The lowest BCUT2D eigenvalue weighted by atomic mass is 10.3. The number of hydrogen-bond acceptors (Lipinski definition) is 5. The van der Waals surface area contributed by atoms with E-state index < -0.39 is 12.3 Å². The maximum atomic E-state index is 12.0. The van der Waals surface area contributed by atoms with Crippen LogP contribution in [0.5, 0.6) is 5.75 Å². The molecule has 1 heterocycles. The lowest BCUT2D eigenvalue weighted by Gasteiger charge is -2.09. The van der Waals surface area contributed by atoms with Gasteiger partial charge in [-0.1, -0.05) is 0 Å². The van der Waals surface area contributed by atoms with Crippen LogP contribution in [0.1, 0.15) is 10.5 Å². The largest absolute Gasteiger partial charge is 0.573 e. The van der Waals surface area contributed by atoms with Gasteiger partial charge in [-0.25, -0.2) is 9.78 Å². The average Bonchev–Trinajstić information content (AvgIpc) is 2.78. The number of aromatic carboxylic acids is 1. The Bertz CT molecular complexity index is 610. The number of carbonyl (C=O) groups is 1. The highest BCUT2D eigenvalue weighted by molar-refractivity contribution is 7.14. The summed E-state index contributed by atoms with van der Waals surface area (Å²) >= 11 is 1.07. The fourth-order valence-electron chi connectivity index (χ4n) is 1.36. The van der Waals surface area contributed by atoms with Gasteiger partial charge in [-0.3, -0.25) is 0 Å². The topological polar surface area (TPSA) is 71.5 Å². The average molecular weight is 304 g/mol. The number of carboxylic acid groups (broad SMARTS) is 1. The van der Waals surface area contributed by atoms with Gasteiger partial charge < -0.3 is 15.2 Å². The minimum atomic E-state index is -4.75. The third-order valence-electron chi connectivity index (χ3n) is 2.12. The van der Waals surface area contributed by atoms with E-state index in [1.54, 1.807) is 0 Å². The molecule has 2 aromatic rings. The minimum Gasteiger partial charge on any atom is -0.476 e. The Balaban J connectivity index is 2.11. The third kappa shape index (κ3) is 3.60. The number of thiazole rings is 1. The number of rotatable bonds is 4. The van der Waals surface area contributed by atoms with E-state index in [-0.39, 0.29) is 11.4 Å². The lowest BCUT2D eigenvalue weighted by Crippen LogP contribution is -2.16. The fourth-order valence-corrected chi connectivity index (χ4v) is 2.05. The molecule has 9 heteroatoms. The summed E-state index contributed by atoms with van der Waals surface area (Å²) in [5, 5.41) is 11.9. The van der Waals surface area contributed by atoms with Gasteiger partial charge in [0.25, 0.3) is 0 Å². The number of alkyl halides is 3. The Morgan fingerprint density at radius 2 is 1.95 bits per heavy atom. The van der Waals surface area contributed by atoms with E-state index in [0.717, 1.165) is 23.5 Å². The zero-order chi connectivity index (χ0) is 14.8. The van der Waals surface area contributed by atoms with Crippen LogP contribution in [-0.2, 0) is 0 Å². The molecule has 20 heavy (non-hydrogen) atoms. The number of aromatic nitrogens is 1. The van der Waals surface area contributed by atoms with Gasteiger partial charge in [-0.15, -0.1) is 24.5 Å². The van der Waals surface area contributed by atoms with E-state index in [0.29, 0.717) is 10.7 Å². The molecule has 0 amide bonds. The number of benzene rings is 1. The standard InChI is InChI=1S/C11H7F3N2O3S/c12-11(13,14)19-7-3-1-6(2-4-7)16-9-8(10(17)18)15-5-20-9/h1-5,16H,(H,17,18). The van der Waals surface area contributed by atoms with Gasteiger partial charge in [0.15, 0.2) is 5.69 Å². The molecular formula is C11H7F3N2O3S. The highest BCUT2D eigenvalue weighted by atomic mass is 32.1. The Kier molecular flexibility index (Phi) is 3.79. The predicted octanol–water partition coefficient (Wildman–Crippen LogP) is 3.48. The summed E-state index contributed by atoms with van der Waals surface area (Å²) in [5.41, 5.74) is 1.63. The van der Waals surface area contributed by atoms with Crippen molar-refractivity contribution in [1.29, 1.82) is 0 Å². The number of nitrogens with one attached hydrogen (secondary N) is 1. The van der Waals surface area contributed by atoms with Crippen LogP contribution in [0.3, 0.4) is 0 Å². The van der Waals surface area contributed by atoms with Gasteiger partial charge >= 0.3 is 12.3 Å². The molecule has 0 radical (unpaired) electrons. The molecule has 106 valence electrons. The smallest absolute Gasteiger partial charge is 0.476 e. The van der Waals surface area contributed by atoms with Crippen LogP contribution in [0.15, 0.2) is 29.8 Å². The Morgan fingerprint density at radius 3 is 2.50 bits per heavy atom. The van der Waals surface area contributed by atoms with E-state index in [9.17, 15) is 18.0 Å². The Hall–Kier alpha value is -2.29. The summed E-state index contributed by atoms with van der Waals surface area (Å²) in [6, 6.07) is 4.92. The van der Waals surface area contributed by atoms with Crippen molar-refractivity contribution in [1.82, 2.24) is 4.98 Å². The highest BCUT2D eigenvalue weighted by Crippen LogP contribution is 2.28. The molecule has 0 saturated heterocycles. The van der Waals surface area contributed by atoms with Crippen LogP contribution in [0.25, 0.3) is 0 Å². The molecule has 0 aliphatic heterocycles. The summed E-state index contributed by atoms with van der Waals surface area (Å²) in [5.74, 6) is -1.54. The molecule has 0 atom stereocenters. The van der Waals surface area contributed by atoms with Gasteiger partial charge in [0.05, 0.1) is 5.51 Å². The molecule has 0 bridgehead atoms. The normalized spacial score (nSPS) is 11.2. The maximum absolute atomic E-state index is 12.0. The van der Waals surface area contributed by atoms with Crippen molar-refractivity contribution >= 4 is 28.0 Å². The van der Waals surface area contributed by atoms with Crippen LogP contribution in [0.2, 0.25) is 0 Å². The molecule has 2 rings (SSSR count). The summed E-state index contributed by atoms with van der Waals surface area (Å²) in [7, 11) is 0. The lowest BCUT2D eigenvalue weighted by molar-refractivity contribution is -0.274. The van der Waals surface area contributed by atoms with Crippen molar-refractivity contribution < 1.29 is 27.8 Å². The van der Waals surface area contributed by atoms with Crippen molar-refractivity contribution in [3.05, 3.63) is 35.5 Å². The van der Waals surface area contributed by atoms with Crippen LogP contribution >= 0.6 is 11.3 Å². The molecule has 2 N–H and O–H groups in total. The first-order chi connectivity index (χ1) is 9.35. The van der Waals surface area contributed by atoms with Gasteiger partial charge in [-0.05, 0) is 24.3 Å². The summed E-state index contributed by atoms with van der Waals surface area (Å²) in [4.78, 5) is 14.5. The minimum absolute atomic E-state index is 0.148. The second kappa shape index (κ2) is 5.37. The molecule has 5 nitrogen and oxygen atoms in total. The number of carboxylic acids is 1. The Morgan fingerprint density at radius 1 is 1.30 bits per heavy atom. The van der Waals surface area contributed by atoms with Crippen molar-refractivity contribution in [2.24, 2.45) is 0 Å². The van der Waals surface area contributed by atoms with Crippen LogP contribution < -0.4 is 10.1 Å². The zero-order valence-electron chi connectivity index (χ0n) is 9.64. The van der Waals surface area contributed by atoms with E-state index in [1.165, 1.54) is 17.6 Å². The van der Waals surface area contributed by atoms with Gasteiger partial charge in [-0.2, -0.15) is 0 Å². The summed E-state index contributed by atoms with van der Waals surface area (Å²) in [6.07, 6.45) is -4.75. The van der Waals surface area contributed by atoms with Crippen LogP contribution in [-0.4, -0.2) is 22.4 Å². The van der Waals surface area contributed by atoms with Crippen LogP contribution in [0, 0.1) is 0 Å². The highest BCUT2D eigenvalue weighted by Gasteiger charge is 2.30. The van der Waals surface area contributed by atoms with E-state index >= 15 is 0 Å². The molecule has 1 aromatic carbocycles. The van der Waals surface area contributed by atoms with Gasteiger partial charge in [0, 0.05) is 5.69 Å². The number of hydrogen-bond donors (Lipinski definition) is 2. The predicted molar refractivity (Wildman–Crippen MR) is 65.5 cm³/mol. The van der Waals surface area contributed by atoms with Gasteiger partial charge in [0.2, 0.25) is 0 Å². The van der Waals surface area contributed by atoms with Crippen molar-refractivity contribution in [2.45, 2.75) is 6.36 Å². The number of anilines is 2. The zero-order valence-corrected chi connectivity index (χ0v) is 10.5. The molecular weight excluding hydrogens is 297 g/mol. The molecule has 0 aliphatic rings. The molecule has 0 aliphatic carbocycles. The second-order valence-electron chi connectivity index (χ2n) is 3.53. The van der Waals surface area contributed by atoms with E-state index in [1.807, 2.05) is 0 Å². The number of ether oxygens (including phenoxy) is 1. The first kappa shape index (κ1) is 14.1. The van der Waals surface area contributed by atoms with Crippen molar-refractivity contribution in [3.8, 4) is 5.75 Å². The monoisotopic (exact) mass is 304 g/mol. The van der Waals surface area contributed by atoms with E-state index in [4.69, 9.17) is 5.11 Å². The molecule has 0 fully saturated rings. The van der Waals surface area contributed by atoms with Crippen LogP contribution in [0.4, 0.5) is 23.9 Å². The summed E-state index contributed by atoms with van der Waals surface area (Å²) < 4.78 is 39.7. The molecule has 0 spiro atoms. The Labute approximate surface area is 114 Å². The molecule has 0 saturated carbocycles. The van der Waals surface area contributed by atoms with E-state index in [2.05, 4.69) is 15.0 Å². The quantitative estimate of drug-likeness (QED) is 0.904. The summed E-state index contributed by atoms with van der Waals surface area (Å²) in [6.45, 7) is 0.